The zero-order valence-electron chi connectivity index (χ0n) is 8.79. The highest BCUT2D eigenvalue weighted by molar-refractivity contribution is 6.53. The maximum absolute atomic E-state index is 11.6. The van der Waals surface area contributed by atoms with Crippen molar-refractivity contribution in [2.45, 2.75) is 18.3 Å². The van der Waals surface area contributed by atoms with Gasteiger partial charge in [0, 0.05) is 18.1 Å². The highest BCUT2D eigenvalue weighted by Gasteiger charge is 2.18. The van der Waals surface area contributed by atoms with Gasteiger partial charge in [-0.1, -0.05) is 46.9 Å². The zero-order valence-corrected chi connectivity index (χ0v) is 11.1. The second-order valence-corrected chi connectivity index (χ2v) is 4.82. The summed E-state index contributed by atoms with van der Waals surface area (Å²) in [4.78, 5) is 12.2. The summed E-state index contributed by atoms with van der Waals surface area (Å²) < 4.78 is 0. The molecule has 16 heavy (non-hydrogen) atoms. The summed E-state index contributed by atoms with van der Waals surface area (Å²) in [5.41, 5.74) is 0.955. The summed E-state index contributed by atoms with van der Waals surface area (Å²) in [6.45, 7) is 2.89. The summed E-state index contributed by atoms with van der Waals surface area (Å²) in [6, 6.07) is 7.35. The Morgan fingerprint density at radius 1 is 1.44 bits per heavy atom. The Balaban J connectivity index is 2.74. The van der Waals surface area contributed by atoms with Crippen LogP contribution >= 0.6 is 34.8 Å². The van der Waals surface area contributed by atoms with Crippen molar-refractivity contribution in [2.75, 3.05) is 6.54 Å². The molecule has 0 aliphatic carbocycles. The minimum absolute atomic E-state index is 0.286. The number of amides is 1. The summed E-state index contributed by atoms with van der Waals surface area (Å²) in [5.74, 6) is -0.286. The average Bonchev–Trinajstić information content (AvgIpc) is 2.25. The third-order valence-corrected chi connectivity index (χ3v) is 2.75. The van der Waals surface area contributed by atoms with Crippen LogP contribution in [0.2, 0.25) is 5.02 Å². The van der Waals surface area contributed by atoms with E-state index >= 15 is 0 Å². The fourth-order valence-corrected chi connectivity index (χ4v) is 1.83. The number of carbonyl (C=O) groups excluding carboxylic acids is 1. The van der Waals surface area contributed by atoms with E-state index in [0.29, 0.717) is 18.1 Å². The second-order valence-electron chi connectivity index (χ2n) is 3.28. The molecule has 0 saturated carbocycles. The number of hydrogen-bond acceptors (Lipinski definition) is 1. The largest absolute Gasteiger partial charge is 0.336 e. The molecular formula is C11H12Cl3NO. The fourth-order valence-electron chi connectivity index (χ4n) is 1.34. The zero-order chi connectivity index (χ0) is 12.1. The first-order valence-electron chi connectivity index (χ1n) is 4.86. The molecular weight excluding hydrogens is 268 g/mol. The molecule has 1 rings (SSSR count). The predicted molar refractivity (Wildman–Crippen MR) is 68.0 cm³/mol. The first-order valence-corrected chi connectivity index (χ1v) is 6.11. The molecule has 0 spiro atoms. The molecule has 0 saturated heterocycles. The van der Waals surface area contributed by atoms with Crippen LogP contribution in [0.5, 0.6) is 0 Å². The van der Waals surface area contributed by atoms with E-state index in [9.17, 15) is 4.79 Å². The lowest BCUT2D eigenvalue weighted by molar-refractivity contribution is -0.129. The van der Waals surface area contributed by atoms with E-state index < -0.39 is 4.84 Å². The van der Waals surface area contributed by atoms with Gasteiger partial charge in [-0.05, 0) is 24.6 Å². The van der Waals surface area contributed by atoms with Crippen LogP contribution in [-0.4, -0.2) is 22.2 Å². The standard InChI is InChI=1S/C11H12Cl3NO/c1-2-15(11(16)10(13)14)7-8-4-3-5-9(12)6-8/h3-6,10H,2,7H2,1H3. The van der Waals surface area contributed by atoms with Gasteiger partial charge in [-0.15, -0.1) is 0 Å². The lowest BCUT2D eigenvalue weighted by atomic mass is 10.2. The van der Waals surface area contributed by atoms with Gasteiger partial charge in [0.15, 0.2) is 4.84 Å². The molecule has 0 N–H and O–H groups in total. The smallest absolute Gasteiger partial charge is 0.256 e. The van der Waals surface area contributed by atoms with Gasteiger partial charge in [0.1, 0.15) is 0 Å². The van der Waals surface area contributed by atoms with Gasteiger partial charge in [0.2, 0.25) is 0 Å². The van der Waals surface area contributed by atoms with E-state index in [1.807, 2.05) is 25.1 Å². The summed E-state index contributed by atoms with van der Waals surface area (Å²) in [5, 5.41) is 0.647. The number of alkyl halides is 2. The van der Waals surface area contributed by atoms with E-state index in [2.05, 4.69) is 0 Å². The molecule has 0 aliphatic rings. The Morgan fingerprint density at radius 2 is 2.12 bits per heavy atom. The van der Waals surface area contributed by atoms with Crippen LogP contribution in [-0.2, 0) is 11.3 Å². The lowest BCUT2D eigenvalue weighted by Crippen LogP contribution is -2.34. The lowest BCUT2D eigenvalue weighted by Gasteiger charge is -2.21. The van der Waals surface area contributed by atoms with E-state index in [0.717, 1.165) is 5.56 Å². The Bertz CT molecular complexity index is 368. The molecule has 0 fully saturated rings. The van der Waals surface area contributed by atoms with Gasteiger partial charge in [-0.25, -0.2) is 0 Å². The van der Waals surface area contributed by atoms with Crippen molar-refractivity contribution >= 4 is 40.7 Å². The average molecular weight is 281 g/mol. The first-order chi connectivity index (χ1) is 7.54. The number of nitrogens with zero attached hydrogens (tertiary/aromatic N) is 1. The van der Waals surface area contributed by atoms with Gasteiger partial charge >= 0.3 is 0 Å². The van der Waals surface area contributed by atoms with Gasteiger partial charge in [-0.3, -0.25) is 4.79 Å². The molecule has 0 bridgehead atoms. The van der Waals surface area contributed by atoms with Crippen molar-refractivity contribution in [1.82, 2.24) is 4.90 Å². The van der Waals surface area contributed by atoms with Crippen LogP contribution in [0.15, 0.2) is 24.3 Å². The monoisotopic (exact) mass is 279 g/mol. The predicted octanol–water partition coefficient (Wildman–Crippen LogP) is 3.49. The van der Waals surface area contributed by atoms with Gasteiger partial charge in [0.05, 0.1) is 0 Å². The van der Waals surface area contributed by atoms with Gasteiger partial charge in [0.25, 0.3) is 5.91 Å². The highest BCUT2D eigenvalue weighted by Crippen LogP contribution is 2.15. The molecule has 1 amide bonds. The number of carbonyl (C=O) groups is 1. The summed E-state index contributed by atoms with van der Waals surface area (Å²) in [6.07, 6.45) is 0. The summed E-state index contributed by atoms with van der Waals surface area (Å²) in [7, 11) is 0. The third kappa shape index (κ3) is 3.85. The highest BCUT2D eigenvalue weighted by atomic mass is 35.5. The van der Waals surface area contributed by atoms with Crippen molar-refractivity contribution in [1.29, 1.82) is 0 Å². The van der Waals surface area contributed by atoms with E-state index in [1.54, 1.807) is 11.0 Å². The molecule has 2 nitrogen and oxygen atoms in total. The maximum Gasteiger partial charge on any atom is 0.256 e. The Kier molecular flexibility index (Phi) is 5.39. The quantitative estimate of drug-likeness (QED) is 0.773. The molecule has 1 aromatic rings. The van der Waals surface area contributed by atoms with Crippen LogP contribution in [0.1, 0.15) is 12.5 Å². The normalized spacial score (nSPS) is 10.6. The fraction of sp³-hybridized carbons (Fsp3) is 0.364. The topological polar surface area (TPSA) is 20.3 Å². The molecule has 0 aromatic heterocycles. The number of hydrogen-bond donors (Lipinski definition) is 0. The molecule has 5 heteroatoms. The van der Waals surface area contributed by atoms with E-state index in [1.165, 1.54) is 0 Å². The first kappa shape index (κ1) is 13.6. The second kappa shape index (κ2) is 6.33. The van der Waals surface area contributed by atoms with Gasteiger partial charge < -0.3 is 4.90 Å². The van der Waals surface area contributed by atoms with Crippen LogP contribution in [0, 0.1) is 0 Å². The minimum Gasteiger partial charge on any atom is -0.336 e. The maximum atomic E-state index is 11.6. The minimum atomic E-state index is -1.01. The van der Waals surface area contributed by atoms with E-state index in [4.69, 9.17) is 34.8 Å². The Hall–Kier alpha value is -0.440. The molecule has 88 valence electrons. The SMILES string of the molecule is CCN(Cc1cccc(Cl)c1)C(=O)C(Cl)Cl. The summed E-state index contributed by atoms with van der Waals surface area (Å²) >= 11 is 17.0. The van der Waals surface area contributed by atoms with Crippen LogP contribution in [0.4, 0.5) is 0 Å². The number of rotatable bonds is 4. The van der Waals surface area contributed by atoms with Crippen molar-refractivity contribution in [2.24, 2.45) is 0 Å². The molecule has 1 aromatic carbocycles. The van der Waals surface area contributed by atoms with Gasteiger partial charge in [-0.2, -0.15) is 0 Å². The van der Waals surface area contributed by atoms with Crippen molar-refractivity contribution in [3.05, 3.63) is 34.9 Å². The van der Waals surface area contributed by atoms with Crippen molar-refractivity contribution < 1.29 is 4.79 Å². The molecule has 0 atom stereocenters. The third-order valence-electron chi connectivity index (χ3n) is 2.14. The van der Waals surface area contributed by atoms with Crippen LogP contribution < -0.4 is 0 Å². The molecule has 0 heterocycles. The van der Waals surface area contributed by atoms with Crippen molar-refractivity contribution in [3.8, 4) is 0 Å². The molecule has 0 unspecified atom stereocenters. The van der Waals surface area contributed by atoms with Crippen molar-refractivity contribution in [3.63, 3.8) is 0 Å². The Labute approximate surface area is 110 Å². The molecule has 0 aliphatic heterocycles. The van der Waals surface area contributed by atoms with E-state index in [-0.39, 0.29) is 5.91 Å². The van der Waals surface area contributed by atoms with Crippen LogP contribution in [0.25, 0.3) is 0 Å². The number of benzene rings is 1. The molecule has 0 radical (unpaired) electrons. The van der Waals surface area contributed by atoms with Crippen LogP contribution in [0.3, 0.4) is 0 Å². The Morgan fingerprint density at radius 3 is 2.62 bits per heavy atom. The number of halogens is 3.